The van der Waals surface area contributed by atoms with Gasteiger partial charge >= 0.3 is 0 Å². The second-order valence-electron chi connectivity index (χ2n) is 3.35. The lowest BCUT2D eigenvalue weighted by molar-refractivity contribution is -0.112. The second-order valence-corrected chi connectivity index (χ2v) is 4.15. The van der Waals surface area contributed by atoms with E-state index in [0.29, 0.717) is 0 Å². The Kier molecular flexibility index (Phi) is 3.64. The molecule has 0 bridgehead atoms. The van der Waals surface area contributed by atoms with E-state index in [1.807, 2.05) is 25.1 Å². The summed E-state index contributed by atoms with van der Waals surface area (Å²) in [5.74, 6) is 0.0705. The third-order valence-corrected chi connectivity index (χ3v) is 3.34. The molecule has 1 aromatic rings. The zero-order valence-electron chi connectivity index (χ0n) is 8.60. The molecule has 1 rings (SSSR count). The zero-order chi connectivity index (χ0) is 10.7. The van der Waals surface area contributed by atoms with E-state index in [4.69, 9.17) is 0 Å². The van der Waals surface area contributed by atoms with Crippen molar-refractivity contribution in [2.45, 2.75) is 20.8 Å². The molecule has 0 radical (unpaired) electrons. The molecule has 1 nitrogen and oxygen atoms in total. The highest BCUT2D eigenvalue weighted by Crippen LogP contribution is 2.24. The summed E-state index contributed by atoms with van der Waals surface area (Å²) in [7, 11) is 0. The normalized spacial score (nSPS) is 10.9. The molecule has 2 heteroatoms. The van der Waals surface area contributed by atoms with Crippen LogP contribution >= 0.6 is 15.9 Å². The van der Waals surface area contributed by atoms with Crippen molar-refractivity contribution in [3.63, 3.8) is 0 Å². The van der Waals surface area contributed by atoms with Crippen molar-refractivity contribution in [3.8, 4) is 0 Å². The predicted molar refractivity (Wildman–Crippen MR) is 63.3 cm³/mol. The highest BCUT2D eigenvalue weighted by atomic mass is 79.9. The van der Waals surface area contributed by atoms with E-state index in [-0.39, 0.29) is 5.78 Å². The SMILES string of the molecule is CC(=O)/C=C/c1ccc(C)c(Br)c1C. The standard InChI is InChI=1S/C12H13BrO/c1-8-4-6-11(7-5-9(2)14)10(3)12(8)13/h4-7H,1-3H3/b7-5+. The fraction of sp³-hybridized carbons (Fsp3) is 0.250. The van der Waals surface area contributed by atoms with Gasteiger partial charge in [-0.3, -0.25) is 4.79 Å². The summed E-state index contributed by atoms with van der Waals surface area (Å²) in [5, 5.41) is 0. The Labute approximate surface area is 93.0 Å². The van der Waals surface area contributed by atoms with E-state index in [0.717, 1.165) is 10.0 Å². The Morgan fingerprint density at radius 1 is 1.36 bits per heavy atom. The Bertz CT molecular complexity index is 392. The second kappa shape index (κ2) is 4.56. The third kappa shape index (κ3) is 2.55. The van der Waals surface area contributed by atoms with Gasteiger partial charge in [0.15, 0.2) is 5.78 Å². The van der Waals surface area contributed by atoms with Gasteiger partial charge in [0.1, 0.15) is 0 Å². The van der Waals surface area contributed by atoms with Crippen molar-refractivity contribution >= 4 is 27.8 Å². The molecule has 14 heavy (non-hydrogen) atoms. The van der Waals surface area contributed by atoms with Crippen molar-refractivity contribution in [1.29, 1.82) is 0 Å². The molecule has 1 aromatic carbocycles. The van der Waals surface area contributed by atoms with Gasteiger partial charge in [-0.15, -0.1) is 0 Å². The quantitative estimate of drug-likeness (QED) is 0.735. The molecule has 0 aliphatic carbocycles. The maximum atomic E-state index is 10.8. The Hall–Kier alpha value is -0.890. The molecular weight excluding hydrogens is 240 g/mol. The molecule has 0 unspecified atom stereocenters. The lowest BCUT2D eigenvalue weighted by atomic mass is 10.1. The minimum absolute atomic E-state index is 0.0705. The van der Waals surface area contributed by atoms with E-state index in [9.17, 15) is 4.79 Å². The van der Waals surface area contributed by atoms with Gasteiger partial charge in [0.05, 0.1) is 0 Å². The first-order valence-corrected chi connectivity index (χ1v) is 5.26. The first-order valence-electron chi connectivity index (χ1n) is 4.46. The third-order valence-electron chi connectivity index (χ3n) is 2.12. The number of benzene rings is 1. The van der Waals surface area contributed by atoms with Crippen molar-refractivity contribution in [1.82, 2.24) is 0 Å². The number of rotatable bonds is 2. The van der Waals surface area contributed by atoms with E-state index < -0.39 is 0 Å². The highest BCUT2D eigenvalue weighted by molar-refractivity contribution is 9.10. The molecule has 0 heterocycles. The van der Waals surface area contributed by atoms with Gasteiger partial charge < -0.3 is 0 Å². The number of aryl methyl sites for hydroxylation is 1. The molecule has 0 atom stereocenters. The average Bonchev–Trinajstić information content (AvgIpc) is 2.13. The Morgan fingerprint density at radius 3 is 2.57 bits per heavy atom. The largest absolute Gasteiger partial charge is 0.295 e. The van der Waals surface area contributed by atoms with Crippen LogP contribution < -0.4 is 0 Å². The van der Waals surface area contributed by atoms with Gasteiger partial charge in [0, 0.05) is 4.47 Å². The average molecular weight is 253 g/mol. The highest BCUT2D eigenvalue weighted by Gasteiger charge is 2.01. The topological polar surface area (TPSA) is 17.1 Å². The Balaban J connectivity index is 3.12. The van der Waals surface area contributed by atoms with E-state index in [1.54, 1.807) is 13.0 Å². The maximum absolute atomic E-state index is 10.8. The van der Waals surface area contributed by atoms with Crippen LogP contribution in [0.2, 0.25) is 0 Å². The van der Waals surface area contributed by atoms with Crippen molar-refractivity contribution in [3.05, 3.63) is 39.4 Å². The van der Waals surface area contributed by atoms with Crippen LogP contribution in [0.1, 0.15) is 23.6 Å². The minimum Gasteiger partial charge on any atom is -0.295 e. The summed E-state index contributed by atoms with van der Waals surface area (Å²) in [5.41, 5.74) is 3.46. The number of hydrogen-bond donors (Lipinski definition) is 0. The van der Waals surface area contributed by atoms with Gasteiger partial charge in [0.2, 0.25) is 0 Å². The van der Waals surface area contributed by atoms with Gasteiger partial charge in [-0.2, -0.15) is 0 Å². The van der Waals surface area contributed by atoms with Crippen LogP contribution in [-0.2, 0) is 4.79 Å². The van der Waals surface area contributed by atoms with Crippen molar-refractivity contribution < 1.29 is 4.79 Å². The molecular formula is C12H13BrO. The summed E-state index contributed by atoms with van der Waals surface area (Å²) in [4.78, 5) is 10.8. The number of carbonyl (C=O) groups is 1. The number of carbonyl (C=O) groups excluding carboxylic acids is 1. The molecule has 0 saturated heterocycles. The first-order chi connectivity index (χ1) is 6.52. The van der Waals surface area contributed by atoms with E-state index in [2.05, 4.69) is 22.9 Å². The summed E-state index contributed by atoms with van der Waals surface area (Å²) >= 11 is 3.52. The van der Waals surface area contributed by atoms with E-state index in [1.165, 1.54) is 11.1 Å². The molecule has 0 saturated carbocycles. The number of ketones is 1. The van der Waals surface area contributed by atoms with E-state index >= 15 is 0 Å². The minimum atomic E-state index is 0.0705. The number of allylic oxidation sites excluding steroid dienone is 1. The van der Waals surface area contributed by atoms with Crippen molar-refractivity contribution in [2.24, 2.45) is 0 Å². The number of halogens is 1. The summed E-state index contributed by atoms with van der Waals surface area (Å²) in [6.45, 7) is 5.64. The Morgan fingerprint density at radius 2 is 2.00 bits per heavy atom. The van der Waals surface area contributed by atoms with Gasteiger partial charge in [-0.1, -0.05) is 34.1 Å². The molecule has 0 aliphatic rings. The molecule has 0 spiro atoms. The summed E-state index contributed by atoms with van der Waals surface area (Å²) in [6.07, 6.45) is 3.44. The van der Waals surface area contributed by atoms with Gasteiger partial charge in [-0.25, -0.2) is 0 Å². The zero-order valence-corrected chi connectivity index (χ0v) is 10.2. The van der Waals surface area contributed by atoms with Crippen LogP contribution in [0.4, 0.5) is 0 Å². The molecule has 0 N–H and O–H groups in total. The van der Waals surface area contributed by atoms with Crippen LogP contribution in [-0.4, -0.2) is 5.78 Å². The molecule has 0 aromatic heterocycles. The lowest BCUT2D eigenvalue weighted by Gasteiger charge is -2.05. The maximum Gasteiger partial charge on any atom is 0.152 e. The summed E-state index contributed by atoms with van der Waals surface area (Å²) in [6, 6.07) is 4.06. The molecule has 0 amide bonds. The molecule has 0 aliphatic heterocycles. The van der Waals surface area contributed by atoms with Crippen LogP contribution in [0.5, 0.6) is 0 Å². The fourth-order valence-corrected chi connectivity index (χ4v) is 1.58. The molecule has 74 valence electrons. The first kappa shape index (κ1) is 11.2. The van der Waals surface area contributed by atoms with Gasteiger partial charge in [0.25, 0.3) is 0 Å². The summed E-state index contributed by atoms with van der Waals surface area (Å²) < 4.78 is 1.11. The van der Waals surface area contributed by atoms with Crippen LogP contribution in [0.3, 0.4) is 0 Å². The smallest absolute Gasteiger partial charge is 0.152 e. The van der Waals surface area contributed by atoms with Crippen LogP contribution in [0.25, 0.3) is 6.08 Å². The lowest BCUT2D eigenvalue weighted by Crippen LogP contribution is -1.87. The molecule has 0 fully saturated rings. The predicted octanol–water partition coefficient (Wildman–Crippen LogP) is 3.67. The number of hydrogen-bond acceptors (Lipinski definition) is 1. The van der Waals surface area contributed by atoms with Gasteiger partial charge in [-0.05, 0) is 43.5 Å². The fourth-order valence-electron chi connectivity index (χ4n) is 1.22. The monoisotopic (exact) mass is 252 g/mol. The van der Waals surface area contributed by atoms with Crippen LogP contribution in [0.15, 0.2) is 22.7 Å². The van der Waals surface area contributed by atoms with Crippen molar-refractivity contribution in [2.75, 3.05) is 0 Å². The van der Waals surface area contributed by atoms with Crippen LogP contribution in [0, 0.1) is 13.8 Å².